The van der Waals surface area contributed by atoms with E-state index in [9.17, 15) is 26.0 Å². The number of nitrogens with one attached hydrogen (secondary N) is 1. The fraction of sp³-hybridized carbons (Fsp3) is 0.118. The molecule has 6 nitrogen and oxygen atoms in total. The number of sulfonamides is 1. The predicted octanol–water partition coefficient (Wildman–Crippen LogP) is 3.30. The summed E-state index contributed by atoms with van der Waals surface area (Å²) in [7, 11) is -2.54. The molecule has 0 atom stereocenters. The van der Waals surface area contributed by atoms with Crippen molar-refractivity contribution in [3.63, 3.8) is 0 Å². The van der Waals surface area contributed by atoms with Crippen LogP contribution in [0.15, 0.2) is 47.5 Å². The van der Waals surface area contributed by atoms with Crippen molar-refractivity contribution in [3.05, 3.63) is 71.4 Å². The highest BCUT2D eigenvalue weighted by molar-refractivity contribution is 7.92. The zero-order chi connectivity index (χ0) is 20.5. The first-order chi connectivity index (χ1) is 13.2. The second-order valence-electron chi connectivity index (χ2n) is 5.63. The van der Waals surface area contributed by atoms with Gasteiger partial charge in [-0.2, -0.15) is 5.10 Å². The highest BCUT2D eigenvalue weighted by atomic mass is 32.2. The van der Waals surface area contributed by atoms with Gasteiger partial charge in [0.1, 0.15) is 5.75 Å². The molecule has 1 N–H and O–H groups in total. The zero-order valence-corrected chi connectivity index (χ0v) is 15.1. The molecule has 0 radical (unpaired) electrons. The van der Waals surface area contributed by atoms with Crippen LogP contribution in [0.3, 0.4) is 0 Å². The maximum absolute atomic E-state index is 13.7. The number of benzene rings is 2. The second-order valence-corrected chi connectivity index (χ2v) is 7.31. The first-order valence-corrected chi connectivity index (χ1v) is 9.22. The van der Waals surface area contributed by atoms with E-state index < -0.39 is 45.4 Å². The lowest BCUT2D eigenvalue weighted by atomic mass is 10.2. The first-order valence-electron chi connectivity index (χ1n) is 7.73. The molecule has 3 aromatic rings. The Balaban J connectivity index is 1.81. The Morgan fingerprint density at radius 2 is 1.64 bits per heavy atom. The number of anilines is 1. The minimum Gasteiger partial charge on any atom is -0.497 e. The van der Waals surface area contributed by atoms with E-state index in [1.807, 2.05) is 0 Å². The minimum absolute atomic E-state index is 0.0628. The van der Waals surface area contributed by atoms with E-state index in [-0.39, 0.29) is 16.8 Å². The summed E-state index contributed by atoms with van der Waals surface area (Å²) in [5, 5.41) is 3.81. The van der Waals surface area contributed by atoms with E-state index in [1.54, 1.807) is 0 Å². The lowest BCUT2D eigenvalue weighted by Crippen LogP contribution is -2.14. The van der Waals surface area contributed by atoms with Gasteiger partial charge >= 0.3 is 0 Å². The third kappa shape index (κ3) is 3.93. The first kappa shape index (κ1) is 19.7. The molecule has 3 rings (SSSR count). The largest absolute Gasteiger partial charge is 0.497 e. The van der Waals surface area contributed by atoms with Gasteiger partial charge in [0.05, 0.1) is 24.1 Å². The molecule has 0 fully saturated rings. The number of nitrogens with zero attached hydrogens (tertiary/aromatic N) is 2. The molecular weight excluding hydrogens is 402 g/mol. The topological polar surface area (TPSA) is 73.2 Å². The number of hydrogen-bond donors (Lipinski definition) is 1. The number of aromatic nitrogens is 2. The Bertz CT molecular complexity index is 1090. The van der Waals surface area contributed by atoms with E-state index in [1.165, 1.54) is 43.6 Å². The van der Waals surface area contributed by atoms with Gasteiger partial charge in [0.2, 0.25) is 0 Å². The Morgan fingerprint density at radius 1 is 1.04 bits per heavy atom. The van der Waals surface area contributed by atoms with Crippen molar-refractivity contribution in [2.45, 2.75) is 11.4 Å². The molecule has 148 valence electrons. The molecule has 0 unspecified atom stereocenters. The van der Waals surface area contributed by atoms with Crippen molar-refractivity contribution in [3.8, 4) is 5.75 Å². The number of rotatable bonds is 6. The second kappa shape index (κ2) is 7.50. The molecule has 0 spiro atoms. The molecular formula is C17H13F4N3O3S. The Morgan fingerprint density at radius 3 is 2.21 bits per heavy atom. The van der Waals surface area contributed by atoms with Crippen LogP contribution < -0.4 is 9.46 Å². The molecule has 0 aliphatic heterocycles. The molecule has 28 heavy (non-hydrogen) atoms. The number of hydrogen-bond acceptors (Lipinski definition) is 4. The normalized spacial score (nSPS) is 11.5. The Kier molecular flexibility index (Phi) is 5.27. The molecule has 2 aromatic carbocycles. The molecule has 11 heteroatoms. The Labute approximate surface area is 157 Å². The fourth-order valence-corrected chi connectivity index (χ4v) is 3.38. The SMILES string of the molecule is COc1ccc(S(=O)(=O)Nc2ccn(Cc3c(F)c(F)cc(F)c3F)n2)cc1. The summed E-state index contributed by atoms with van der Waals surface area (Å²) < 4.78 is 86.8. The highest BCUT2D eigenvalue weighted by Gasteiger charge is 2.20. The average Bonchev–Trinajstić information content (AvgIpc) is 3.10. The van der Waals surface area contributed by atoms with Crippen LogP contribution in [0.1, 0.15) is 5.56 Å². The van der Waals surface area contributed by atoms with Crippen molar-refractivity contribution in [2.75, 3.05) is 11.8 Å². The van der Waals surface area contributed by atoms with Crippen LogP contribution in [-0.2, 0) is 16.6 Å². The van der Waals surface area contributed by atoms with Crippen molar-refractivity contribution < 1.29 is 30.7 Å². The van der Waals surface area contributed by atoms with Crippen molar-refractivity contribution in [1.29, 1.82) is 0 Å². The van der Waals surface area contributed by atoms with E-state index >= 15 is 0 Å². The molecule has 0 saturated carbocycles. The molecule has 0 amide bonds. The summed E-state index contributed by atoms with van der Waals surface area (Å²) in [6, 6.07) is 6.88. The van der Waals surface area contributed by atoms with Gasteiger partial charge in [-0.25, -0.2) is 26.0 Å². The monoisotopic (exact) mass is 415 g/mol. The van der Waals surface area contributed by atoms with Gasteiger partial charge in [-0.05, 0) is 24.3 Å². The maximum atomic E-state index is 13.7. The van der Waals surface area contributed by atoms with E-state index in [0.717, 1.165) is 4.68 Å². The van der Waals surface area contributed by atoms with E-state index in [4.69, 9.17) is 4.74 Å². The van der Waals surface area contributed by atoms with Gasteiger partial charge in [-0.1, -0.05) is 0 Å². The van der Waals surface area contributed by atoms with Gasteiger partial charge in [0.15, 0.2) is 29.1 Å². The van der Waals surface area contributed by atoms with Crippen molar-refractivity contribution in [2.24, 2.45) is 0 Å². The van der Waals surface area contributed by atoms with Crippen LogP contribution in [0, 0.1) is 23.3 Å². The van der Waals surface area contributed by atoms with Crippen LogP contribution in [0.2, 0.25) is 0 Å². The van der Waals surface area contributed by atoms with Gasteiger partial charge in [-0.15, -0.1) is 0 Å². The van der Waals surface area contributed by atoms with Crippen LogP contribution in [-0.4, -0.2) is 25.3 Å². The van der Waals surface area contributed by atoms with Crippen molar-refractivity contribution >= 4 is 15.8 Å². The van der Waals surface area contributed by atoms with Gasteiger partial charge in [0, 0.05) is 18.3 Å². The summed E-state index contributed by atoms with van der Waals surface area (Å²) in [5.74, 6) is -5.85. The molecule has 1 heterocycles. The van der Waals surface area contributed by atoms with Gasteiger partial charge in [-0.3, -0.25) is 9.40 Å². The van der Waals surface area contributed by atoms with E-state index in [0.29, 0.717) is 5.75 Å². The number of halogens is 4. The standard InChI is InChI=1S/C17H13F4N3O3S/c1-27-10-2-4-11(5-3-10)28(25,26)23-15-6-7-24(22-15)9-12-16(20)13(18)8-14(19)17(12)21/h2-8H,9H2,1H3,(H,22,23). The minimum atomic E-state index is -3.98. The van der Waals surface area contributed by atoms with Crippen molar-refractivity contribution in [1.82, 2.24) is 9.78 Å². The molecule has 0 aliphatic carbocycles. The number of ether oxygens (including phenoxy) is 1. The zero-order valence-electron chi connectivity index (χ0n) is 14.3. The number of methoxy groups -OCH3 is 1. The van der Waals surface area contributed by atoms with Crippen LogP contribution >= 0.6 is 0 Å². The summed E-state index contributed by atoms with van der Waals surface area (Å²) in [6.07, 6.45) is 1.20. The van der Waals surface area contributed by atoms with E-state index in [2.05, 4.69) is 9.82 Å². The molecule has 0 aliphatic rings. The van der Waals surface area contributed by atoms with Crippen LogP contribution in [0.25, 0.3) is 0 Å². The lowest BCUT2D eigenvalue weighted by Gasteiger charge is -2.08. The molecule has 0 saturated heterocycles. The fourth-order valence-electron chi connectivity index (χ4n) is 2.38. The highest BCUT2D eigenvalue weighted by Crippen LogP contribution is 2.21. The molecule has 1 aromatic heterocycles. The predicted molar refractivity (Wildman–Crippen MR) is 91.4 cm³/mol. The quantitative estimate of drug-likeness (QED) is 0.495. The third-order valence-corrected chi connectivity index (χ3v) is 5.14. The summed E-state index contributed by atoms with van der Waals surface area (Å²) in [6.45, 7) is -0.642. The average molecular weight is 415 g/mol. The molecule has 0 bridgehead atoms. The summed E-state index contributed by atoms with van der Waals surface area (Å²) in [5.41, 5.74) is -0.870. The smallest absolute Gasteiger partial charge is 0.263 e. The maximum Gasteiger partial charge on any atom is 0.263 e. The summed E-state index contributed by atoms with van der Waals surface area (Å²) >= 11 is 0. The Hall–Kier alpha value is -3.08. The third-order valence-electron chi connectivity index (χ3n) is 3.77. The van der Waals surface area contributed by atoms with Crippen LogP contribution in [0.4, 0.5) is 23.4 Å². The van der Waals surface area contributed by atoms with Crippen LogP contribution in [0.5, 0.6) is 5.75 Å². The van der Waals surface area contributed by atoms with Gasteiger partial charge in [0.25, 0.3) is 10.0 Å². The summed E-state index contributed by atoms with van der Waals surface area (Å²) in [4.78, 5) is -0.0628. The van der Waals surface area contributed by atoms with Gasteiger partial charge < -0.3 is 4.74 Å². The lowest BCUT2D eigenvalue weighted by molar-refractivity contribution is 0.414.